The number of hydrogen-bond acceptors (Lipinski definition) is 3. The summed E-state index contributed by atoms with van der Waals surface area (Å²) in [4.78, 5) is 12.8. The molecule has 0 aliphatic rings. The Hall–Kier alpha value is -2.63. The minimum Gasteiger partial charge on any atom is -0.352 e. The van der Waals surface area contributed by atoms with Crippen LogP contribution in [0.1, 0.15) is 35.7 Å². The molecular weight excluding hydrogens is 372 g/mol. The first-order chi connectivity index (χ1) is 13.2. The van der Waals surface area contributed by atoms with Crippen molar-refractivity contribution in [1.29, 1.82) is 0 Å². The number of amides is 1. The summed E-state index contributed by atoms with van der Waals surface area (Å²) < 4.78 is 1.76. The van der Waals surface area contributed by atoms with Gasteiger partial charge in [-0.15, -0.1) is 12.4 Å². The first kappa shape index (κ1) is 21.7. The number of hydrogen-bond donors (Lipinski definition) is 2. The van der Waals surface area contributed by atoms with Crippen LogP contribution in [0.2, 0.25) is 0 Å². The van der Waals surface area contributed by atoms with Gasteiger partial charge in [-0.05, 0) is 43.5 Å². The van der Waals surface area contributed by atoms with Gasteiger partial charge in [-0.2, -0.15) is 5.10 Å². The molecule has 0 aliphatic heterocycles. The Morgan fingerprint density at radius 3 is 2.43 bits per heavy atom. The number of aromatic nitrogens is 2. The van der Waals surface area contributed by atoms with Crippen LogP contribution in [0.4, 0.5) is 0 Å². The van der Waals surface area contributed by atoms with Crippen molar-refractivity contribution in [3.8, 4) is 16.9 Å². The molecule has 0 unspecified atom stereocenters. The van der Waals surface area contributed by atoms with Crippen molar-refractivity contribution in [2.75, 3.05) is 13.1 Å². The van der Waals surface area contributed by atoms with Gasteiger partial charge in [-0.25, -0.2) is 4.68 Å². The molecule has 3 N–H and O–H groups in total. The molecule has 148 valence electrons. The number of carbonyl (C=O) groups is 1. The zero-order valence-electron chi connectivity index (χ0n) is 16.1. The Kier molecular flexibility index (Phi) is 8.23. The highest BCUT2D eigenvalue weighted by Crippen LogP contribution is 2.24. The number of nitrogens with two attached hydrogens (primary N) is 1. The first-order valence-corrected chi connectivity index (χ1v) is 9.45. The van der Waals surface area contributed by atoms with Crippen LogP contribution in [0.5, 0.6) is 0 Å². The van der Waals surface area contributed by atoms with Gasteiger partial charge in [-0.1, -0.05) is 49.4 Å². The van der Waals surface area contributed by atoms with Crippen LogP contribution < -0.4 is 11.1 Å². The van der Waals surface area contributed by atoms with Gasteiger partial charge in [0.05, 0.1) is 11.3 Å². The molecular formula is C22H27ClN4O. The maximum absolute atomic E-state index is 12.8. The molecule has 0 aliphatic carbocycles. The molecule has 6 heteroatoms. The molecule has 1 heterocycles. The number of rotatable bonds is 8. The smallest absolute Gasteiger partial charge is 0.255 e. The Morgan fingerprint density at radius 1 is 1.07 bits per heavy atom. The van der Waals surface area contributed by atoms with E-state index in [9.17, 15) is 4.79 Å². The van der Waals surface area contributed by atoms with E-state index in [1.807, 2.05) is 42.5 Å². The van der Waals surface area contributed by atoms with E-state index < -0.39 is 0 Å². The van der Waals surface area contributed by atoms with E-state index in [0.29, 0.717) is 24.3 Å². The predicted molar refractivity (Wildman–Crippen MR) is 116 cm³/mol. The molecule has 3 rings (SSSR count). The zero-order valence-corrected chi connectivity index (χ0v) is 16.9. The summed E-state index contributed by atoms with van der Waals surface area (Å²) in [7, 11) is 0. The molecule has 0 fully saturated rings. The third-order valence-corrected chi connectivity index (χ3v) is 4.53. The lowest BCUT2D eigenvalue weighted by Crippen LogP contribution is -2.25. The number of benzene rings is 2. The number of halogens is 1. The van der Waals surface area contributed by atoms with E-state index >= 15 is 0 Å². The van der Waals surface area contributed by atoms with Crippen LogP contribution in [0.25, 0.3) is 16.9 Å². The summed E-state index contributed by atoms with van der Waals surface area (Å²) in [5.74, 6) is -0.108. The van der Waals surface area contributed by atoms with E-state index in [0.717, 1.165) is 30.5 Å². The predicted octanol–water partition coefficient (Wildman–Crippen LogP) is 3.99. The molecule has 2 aromatic carbocycles. The molecule has 0 radical (unpaired) electrons. The third-order valence-electron chi connectivity index (χ3n) is 4.53. The first-order valence-electron chi connectivity index (χ1n) is 9.45. The van der Waals surface area contributed by atoms with Crippen LogP contribution >= 0.6 is 12.4 Å². The molecule has 0 saturated heterocycles. The maximum Gasteiger partial charge on any atom is 0.255 e. The SMILES string of the molecule is CCc1ccc(-c2nn(-c3ccccc3)cc2C(=O)NCCCCN)cc1.Cl. The van der Waals surface area contributed by atoms with Crippen molar-refractivity contribution in [2.24, 2.45) is 5.73 Å². The molecule has 1 amide bonds. The van der Waals surface area contributed by atoms with E-state index in [1.165, 1.54) is 5.56 Å². The fourth-order valence-corrected chi connectivity index (χ4v) is 2.93. The summed E-state index contributed by atoms with van der Waals surface area (Å²) in [6, 6.07) is 18.0. The molecule has 0 spiro atoms. The van der Waals surface area contributed by atoms with Crippen molar-refractivity contribution in [3.05, 3.63) is 71.9 Å². The average molecular weight is 399 g/mol. The summed E-state index contributed by atoms with van der Waals surface area (Å²) in [6.07, 6.45) is 4.55. The van der Waals surface area contributed by atoms with Gasteiger partial charge in [0.15, 0.2) is 0 Å². The van der Waals surface area contributed by atoms with E-state index in [1.54, 1.807) is 10.9 Å². The van der Waals surface area contributed by atoms with Gasteiger partial charge in [0.2, 0.25) is 0 Å². The Balaban J connectivity index is 0.00000280. The molecule has 3 aromatic rings. The number of nitrogens with zero attached hydrogens (tertiary/aromatic N) is 2. The summed E-state index contributed by atoms with van der Waals surface area (Å²) >= 11 is 0. The number of para-hydroxylation sites is 1. The van der Waals surface area contributed by atoms with Crippen molar-refractivity contribution in [2.45, 2.75) is 26.2 Å². The number of carbonyl (C=O) groups excluding carboxylic acids is 1. The lowest BCUT2D eigenvalue weighted by Gasteiger charge is -2.05. The van der Waals surface area contributed by atoms with Crippen molar-refractivity contribution in [1.82, 2.24) is 15.1 Å². The Labute approximate surface area is 172 Å². The lowest BCUT2D eigenvalue weighted by molar-refractivity contribution is 0.0953. The zero-order chi connectivity index (χ0) is 19.1. The van der Waals surface area contributed by atoms with Gasteiger partial charge in [0, 0.05) is 18.3 Å². The topological polar surface area (TPSA) is 72.9 Å². The second-order valence-electron chi connectivity index (χ2n) is 6.47. The van der Waals surface area contributed by atoms with E-state index in [4.69, 9.17) is 10.8 Å². The highest BCUT2D eigenvalue weighted by molar-refractivity contribution is 5.99. The van der Waals surface area contributed by atoms with E-state index in [2.05, 4.69) is 24.4 Å². The second kappa shape index (κ2) is 10.6. The molecule has 1 aromatic heterocycles. The fourth-order valence-electron chi connectivity index (χ4n) is 2.93. The number of aryl methyl sites for hydroxylation is 1. The fraction of sp³-hybridized carbons (Fsp3) is 0.273. The van der Waals surface area contributed by atoms with Crippen LogP contribution in [0, 0.1) is 0 Å². The van der Waals surface area contributed by atoms with Gasteiger partial charge in [0.25, 0.3) is 5.91 Å². The van der Waals surface area contributed by atoms with Crippen LogP contribution in [0.3, 0.4) is 0 Å². The number of unbranched alkanes of at least 4 members (excludes halogenated alkanes) is 1. The third kappa shape index (κ3) is 5.21. The van der Waals surface area contributed by atoms with E-state index in [-0.39, 0.29) is 18.3 Å². The highest BCUT2D eigenvalue weighted by Gasteiger charge is 2.18. The Bertz CT molecular complexity index is 875. The summed E-state index contributed by atoms with van der Waals surface area (Å²) in [5, 5.41) is 7.69. The van der Waals surface area contributed by atoms with Crippen LogP contribution in [0.15, 0.2) is 60.8 Å². The van der Waals surface area contributed by atoms with Crippen LogP contribution in [-0.4, -0.2) is 28.8 Å². The monoisotopic (exact) mass is 398 g/mol. The molecule has 5 nitrogen and oxygen atoms in total. The van der Waals surface area contributed by atoms with Gasteiger partial charge >= 0.3 is 0 Å². The molecule has 0 atom stereocenters. The summed E-state index contributed by atoms with van der Waals surface area (Å²) in [6.45, 7) is 3.37. The van der Waals surface area contributed by atoms with Crippen molar-refractivity contribution < 1.29 is 4.79 Å². The minimum absolute atomic E-state index is 0. The molecule has 0 bridgehead atoms. The standard InChI is InChI=1S/C22H26N4O.ClH/c1-2-17-10-12-18(13-11-17)21-20(22(27)24-15-7-6-14-23)16-26(25-21)19-8-4-3-5-9-19;/h3-5,8-13,16H,2,6-7,14-15,23H2,1H3,(H,24,27);1H. The quantitative estimate of drug-likeness (QED) is 0.563. The highest BCUT2D eigenvalue weighted by atomic mass is 35.5. The normalized spacial score (nSPS) is 10.4. The van der Waals surface area contributed by atoms with Crippen molar-refractivity contribution >= 4 is 18.3 Å². The Morgan fingerprint density at radius 2 is 1.79 bits per heavy atom. The van der Waals surface area contributed by atoms with Gasteiger partial charge in [-0.3, -0.25) is 4.79 Å². The maximum atomic E-state index is 12.8. The molecule has 28 heavy (non-hydrogen) atoms. The second-order valence-corrected chi connectivity index (χ2v) is 6.47. The van der Waals surface area contributed by atoms with Crippen molar-refractivity contribution in [3.63, 3.8) is 0 Å². The summed E-state index contributed by atoms with van der Waals surface area (Å²) in [5.41, 5.74) is 9.91. The molecule has 0 saturated carbocycles. The lowest BCUT2D eigenvalue weighted by atomic mass is 10.0. The average Bonchev–Trinajstić information content (AvgIpc) is 3.17. The van der Waals surface area contributed by atoms with Gasteiger partial charge in [0.1, 0.15) is 5.69 Å². The number of nitrogens with one attached hydrogen (secondary N) is 1. The minimum atomic E-state index is -0.108. The largest absolute Gasteiger partial charge is 0.352 e. The van der Waals surface area contributed by atoms with Gasteiger partial charge < -0.3 is 11.1 Å². The van der Waals surface area contributed by atoms with Crippen LogP contribution in [-0.2, 0) is 6.42 Å².